The zero-order valence-corrected chi connectivity index (χ0v) is 8.85. The molecule has 5 heteroatoms. The van der Waals surface area contributed by atoms with Gasteiger partial charge < -0.3 is 5.73 Å². The van der Waals surface area contributed by atoms with Gasteiger partial charge in [-0.2, -0.15) is 5.10 Å². The van der Waals surface area contributed by atoms with Crippen LogP contribution in [-0.2, 0) is 0 Å². The van der Waals surface area contributed by atoms with Gasteiger partial charge >= 0.3 is 0 Å². The Hall–Kier alpha value is -0.490. The second kappa shape index (κ2) is 2.77. The van der Waals surface area contributed by atoms with Crippen LogP contribution in [0.3, 0.4) is 0 Å². The summed E-state index contributed by atoms with van der Waals surface area (Å²) in [6.45, 7) is 0. The van der Waals surface area contributed by atoms with E-state index in [4.69, 9.17) is 17.3 Å². The number of fused-ring (bicyclic) bond motifs is 1. The molecule has 1 heterocycles. The molecule has 0 amide bonds. The Labute approximate surface area is 87.4 Å². The molecule has 1 aromatic heterocycles. The number of nitrogens with one attached hydrogen (secondary N) is 1. The highest BCUT2D eigenvalue weighted by Gasteiger charge is 2.06. The number of aromatic amines is 1. The van der Waals surface area contributed by atoms with Crippen molar-refractivity contribution in [1.29, 1.82) is 0 Å². The predicted octanol–water partition coefficient (Wildman–Crippen LogP) is 2.40. The number of hydrogen-bond acceptors (Lipinski definition) is 2. The molecule has 0 saturated carbocycles. The molecular formula is C7H5ClIN3. The molecule has 1 aromatic carbocycles. The largest absolute Gasteiger partial charge is 0.398 e. The molecule has 0 aliphatic heterocycles. The Morgan fingerprint density at radius 3 is 3.00 bits per heavy atom. The molecule has 12 heavy (non-hydrogen) atoms. The average Bonchev–Trinajstić information content (AvgIpc) is 2.31. The number of aromatic nitrogens is 2. The molecule has 2 aromatic rings. The Bertz CT molecular complexity index is 437. The van der Waals surface area contributed by atoms with Crippen LogP contribution in [0.25, 0.3) is 10.9 Å². The molecule has 2 rings (SSSR count). The van der Waals surface area contributed by atoms with Gasteiger partial charge in [-0.1, -0.05) is 11.6 Å². The SMILES string of the molecule is Nc1cc(Cl)cc2n[nH]c(I)c12. The van der Waals surface area contributed by atoms with Crippen molar-refractivity contribution in [3.8, 4) is 0 Å². The minimum Gasteiger partial charge on any atom is -0.398 e. The molecule has 0 unspecified atom stereocenters. The highest BCUT2D eigenvalue weighted by molar-refractivity contribution is 14.1. The summed E-state index contributed by atoms with van der Waals surface area (Å²) in [4.78, 5) is 0. The molecule has 3 N–H and O–H groups in total. The maximum atomic E-state index is 5.80. The van der Waals surface area contributed by atoms with E-state index in [1.807, 2.05) is 0 Å². The number of rotatable bonds is 0. The van der Waals surface area contributed by atoms with Gasteiger partial charge in [0.1, 0.15) is 3.70 Å². The van der Waals surface area contributed by atoms with Gasteiger partial charge in [-0.3, -0.25) is 5.10 Å². The number of benzene rings is 1. The molecule has 0 saturated heterocycles. The van der Waals surface area contributed by atoms with Gasteiger partial charge in [0.05, 0.1) is 10.9 Å². The van der Waals surface area contributed by atoms with E-state index >= 15 is 0 Å². The van der Waals surface area contributed by atoms with Crippen LogP contribution in [-0.4, -0.2) is 10.2 Å². The second-order valence-corrected chi connectivity index (χ2v) is 3.94. The monoisotopic (exact) mass is 293 g/mol. The van der Waals surface area contributed by atoms with Crippen LogP contribution in [0.1, 0.15) is 0 Å². The van der Waals surface area contributed by atoms with Crippen molar-refractivity contribution in [2.24, 2.45) is 0 Å². The minimum atomic E-state index is 0.614. The number of nitrogen functional groups attached to an aromatic ring is 1. The Morgan fingerprint density at radius 2 is 2.25 bits per heavy atom. The number of halogens is 2. The van der Waals surface area contributed by atoms with Crippen LogP contribution < -0.4 is 5.73 Å². The summed E-state index contributed by atoms with van der Waals surface area (Å²) in [5.41, 5.74) is 7.23. The molecule has 0 aliphatic rings. The van der Waals surface area contributed by atoms with Crippen LogP contribution in [0.2, 0.25) is 5.02 Å². The first kappa shape index (κ1) is 8.12. The number of nitrogens with zero attached hydrogens (tertiary/aromatic N) is 1. The third-order valence-corrected chi connectivity index (χ3v) is 2.61. The highest BCUT2D eigenvalue weighted by atomic mass is 127. The summed E-state index contributed by atoms with van der Waals surface area (Å²) in [6, 6.07) is 3.51. The van der Waals surface area contributed by atoms with Crippen LogP contribution in [0.15, 0.2) is 12.1 Å². The molecule has 0 bridgehead atoms. The Balaban J connectivity index is 2.93. The van der Waals surface area contributed by atoms with E-state index in [0.29, 0.717) is 10.7 Å². The van der Waals surface area contributed by atoms with E-state index in [2.05, 4.69) is 32.8 Å². The lowest BCUT2D eigenvalue weighted by Crippen LogP contribution is -1.86. The Morgan fingerprint density at radius 1 is 1.50 bits per heavy atom. The minimum absolute atomic E-state index is 0.614. The molecule has 0 aliphatic carbocycles. The molecular weight excluding hydrogens is 288 g/mol. The fraction of sp³-hybridized carbons (Fsp3) is 0. The van der Waals surface area contributed by atoms with Crippen molar-refractivity contribution >= 4 is 50.8 Å². The Kier molecular flexibility index (Phi) is 1.88. The fourth-order valence-electron chi connectivity index (χ4n) is 1.11. The average molecular weight is 293 g/mol. The maximum absolute atomic E-state index is 5.80. The van der Waals surface area contributed by atoms with Crippen molar-refractivity contribution in [3.63, 3.8) is 0 Å². The third-order valence-electron chi connectivity index (χ3n) is 1.61. The molecule has 0 radical (unpaired) electrons. The van der Waals surface area contributed by atoms with Crippen LogP contribution in [0.4, 0.5) is 5.69 Å². The molecule has 0 fully saturated rings. The smallest absolute Gasteiger partial charge is 0.106 e. The van der Waals surface area contributed by atoms with E-state index in [0.717, 1.165) is 14.6 Å². The van der Waals surface area contributed by atoms with Gasteiger partial charge in [-0.05, 0) is 34.7 Å². The van der Waals surface area contributed by atoms with Gasteiger partial charge in [0, 0.05) is 10.7 Å². The molecule has 62 valence electrons. The number of anilines is 1. The topological polar surface area (TPSA) is 54.7 Å². The van der Waals surface area contributed by atoms with E-state index in [9.17, 15) is 0 Å². The van der Waals surface area contributed by atoms with E-state index < -0.39 is 0 Å². The van der Waals surface area contributed by atoms with Gasteiger partial charge in [0.15, 0.2) is 0 Å². The van der Waals surface area contributed by atoms with Crippen molar-refractivity contribution in [2.75, 3.05) is 5.73 Å². The van der Waals surface area contributed by atoms with Crippen LogP contribution in [0, 0.1) is 3.70 Å². The first-order valence-corrected chi connectivity index (χ1v) is 4.73. The first-order valence-electron chi connectivity index (χ1n) is 3.27. The van der Waals surface area contributed by atoms with E-state index in [1.165, 1.54) is 0 Å². The highest BCUT2D eigenvalue weighted by Crippen LogP contribution is 2.27. The van der Waals surface area contributed by atoms with Crippen LogP contribution >= 0.6 is 34.2 Å². The lowest BCUT2D eigenvalue weighted by atomic mass is 10.2. The van der Waals surface area contributed by atoms with Crippen molar-refractivity contribution in [1.82, 2.24) is 10.2 Å². The van der Waals surface area contributed by atoms with Gasteiger partial charge in [0.2, 0.25) is 0 Å². The van der Waals surface area contributed by atoms with Crippen molar-refractivity contribution in [2.45, 2.75) is 0 Å². The zero-order chi connectivity index (χ0) is 8.72. The van der Waals surface area contributed by atoms with Crippen molar-refractivity contribution in [3.05, 3.63) is 20.9 Å². The summed E-state index contributed by atoms with van der Waals surface area (Å²) < 4.78 is 0.941. The summed E-state index contributed by atoms with van der Waals surface area (Å²) in [5.74, 6) is 0. The fourth-order valence-corrected chi connectivity index (χ4v) is 2.03. The predicted molar refractivity (Wildman–Crippen MR) is 58.2 cm³/mol. The number of nitrogens with two attached hydrogens (primary N) is 1. The normalized spacial score (nSPS) is 10.8. The summed E-state index contributed by atoms with van der Waals surface area (Å²) in [7, 11) is 0. The zero-order valence-electron chi connectivity index (χ0n) is 5.94. The van der Waals surface area contributed by atoms with Gasteiger partial charge in [-0.15, -0.1) is 0 Å². The first-order chi connectivity index (χ1) is 5.68. The lowest BCUT2D eigenvalue weighted by Gasteiger charge is -1.96. The number of hydrogen-bond donors (Lipinski definition) is 2. The summed E-state index contributed by atoms with van der Waals surface area (Å²) in [5, 5.41) is 8.44. The van der Waals surface area contributed by atoms with Gasteiger partial charge in [0.25, 0.3) is 0 Å². The maximum Gasteiger partial charge on any atom is 0.106 e. The molecule has 3 nitrogen and oxygen atoms in total. The third kappa shape index (κ3) is 1.15. The molecule has 0 spiro atoms. The lowest BCUT2D eigenvalue weighted by molar-refractivity contribution is 1.09. The van der Waals surface area contributed by atoms with Crippen LogP contribution in [0.5, 0.6) is 0 Å². The molecule has 0 atom stereocenters. The standard InChI is InChI=1S/C7H5ClIN3/c8-3-1-4(10)6-5(2-3)11-12-7(6)9/h1-2H,10H2,(H,11,12). The number of H-pyrrole nitrogens is 1. The summed E-state index contributed by atoms with van der Waals surface area (Å²) >= 11 is 7.95. The second-order valence-electron chi connectivity index (χ2n) is 2.43. The summed E-state index contributed by atoms with van der Waals surface area (Å²) in [6.07, 6.45) is 0. The van der Waals surface area contributed by atoms with E-state index in [-0.39, 0.29) is 0 Å². The van der Waals surface area contributed by atoms with E-state index in [1.54, 1.807) is 12.1 Å². The van der Waals surface area contributed by atoms with Gasteiger partial charge in [-0.25, -0.2) is 0 Å². The quantitative estimate of drug-likeness (QED) is 0.579. The van der Waals surface area contributed by atoms with Crippen molar-refractivity contribution < 1.29 is 0 Å².